The lowest BCUT2D eigenvalue weighted by Crippen LogP contribution is -2.51. The lowest BCUT2D eigenvalue weighted by atomic mass is 10.2. The van der Waals surface area contributed by atoms with Crippen molar-refractivity contribution in [1.29, 1.82) is 0 Å². The monoisotopic (exact) mass is 400 g/mol. The van der Waals surface area contributed by atoms with Crippen molar-refractivity contribution in [1.82, 2.24) is 9.80 Å². The first-order chi connectivity index (χ1) is 12.2. The molecule has 0 radical (unpaired) electrons. The zero-order chi connectivity index (χ0) is 18.9. The average molecular weight is 401 g/mol. The largest absolute Gasteiger partial charge is 0.300 e. The molecule has 6 nitrogen and oxygen atoms in total. The van der Waals surface area contributed by atoms with Gasteiger partial charge in [-0.05, 0) is 37.5 Å². The van der Waals surface area contributed by atoms with E-state index in [1.54, 1.807) is 6.07 Å². The Morgan fingerprint density at radius 3 is 2.42 bits per heavy atom. The molecule has 0 aliphatic carbocycles. The molecular formula is C18H28N2O4S2. The van der Waals surface area contributed by atoms with Crippen LogP contribution < -0.4 is 0 Å². The Labute approximate surface area is 157 Å². The molecule has 2 aliphatic heterocycles. The zero-order valence-corrected chi connectivity index (χ0v) is 17.2. The van der Waals surface area contributed by atoms with Crippen molar-refractivity contribution in [3.05, 3.63) is 29.3 Å². The van der Waals surface area contributed by atoms with Crippen molar-refractivity contribution < 1.29 is 16.8 Å². The summed E-state index contributed by atoms with van der Waals surface area (Å²) in [7, 11) is -6.15. The number of nitrogens with zero attached hydrogens (tertiary/aromatic N) is 2. The van der Waals surface area contributed by atoms with Gasteiger partial charge < -0.3 is 0 Å². The molecule has 1 aromatic carbocycles. The fourth-order valence-electron chi connectivity index (χ4n) is 3.82. The van der Waals surface area contributed by atoms with Crippen molar-refractivity contribution in [2.24, 2.45) is 0 Å². The Bertz CT molecular complexity index is 857. The molecule has 0 unspecified atom stereocenters. The third kappa shape index (κ3) is 4.65. The van der Waals surface area contributed by atoms with Gasteiger partial charge in [0, 0.05) is 38.8 Å². The summed E-state index contributed by atoms with van der Waals surface area (Å²) in [5.74, 6) is 0.690. The third-order valence-electron chi connectivity index (χ3n) is 5.49. The molecule has 0 N–H and O–H groups in total. The summed E-state index contributed by atoms with van der Waals surface area (Å²) in [5.41, 5.74) is 1.75. The van der Waals surface area contributed by atoms with Gasteiger partial charge in [-0.1, -0.05) is 12.1 Å². The van der Waals surface area contributed by atoms with Crippen LogP contribution in [0.2, 0.25) is 0 Å². The van der Waals surface area contributed by atoms with Gasteiger partial charge in [0.05, 0.1) is 22.2 Å². The number of hydrogen-bond acceptors (Lipinski definition) is 6. The van der Waals surface area contributed by atoms with E-state index in [0.29, 0.717) is 17.2 Å². The first kappa shape index (κ1) is 19.8. The van der Waals surface area contributed by atoms with E-state index in [1.807, 2.05) is 26.0 Å². The average Bonchev–Trinajstić information content (AvgIpc) is 2.95. The van der Waals surface area contributed by atoms with Crippen LogP contribution in [0.25, 0.3) is 0 Å². The Hall–Kier alpha value is -0.960. The molecule has 0 spiro atoms. The summed E-state index contributed by atoms with van der Waals surface area (Å²) in [6.07, 6.45) is 0.726. The van der Waals surface area contributed by atoms with Crippen molar-refractivity contribution in [2.45, 2.75) is 31.2 Å². The van der Waals surface area contributed by atoms with E-state index >= 15 is 0 Å². The number of benzene rings is 1. The summed E-state index contributed by atoms with van der Waals surface area (Å²) in [6, 6.07) is 5.68. The van der Waals surface area contributed by atoms with Gasteiger partial charge >= 0.3 is 0 Å². The molecule has 8 heteroatoms. The van der Waals surface area contributed by atoms with Crippen LogP contribution >= 0.6 is 0 Å². The molecule has 0 saturated carbocycles. The van der Waals surface area contributed by atoms with Crippen LogP contribution in [-0.2, 0) is 19.7 Å². The molecule has 146 valence electrons. The van der Waals surface area contributed by atoms with Crippen molar-refractivity contribution >= 4 is 19.7 Å². The highest BCUT2D eigenvalue weighted by Gasteiger charge is 2.33. The van der Waals surface area contributed by atoms with Gasteiger partial charge in [-0.25, -0.2) is 16.8 Å². The topological polar surface area (TPSA) is 74.8 Å². The van der Waals surface area contributed by atoms with E-state index < -0.39 is 19.7 Å². The van der Waals surface area contributed by atoms with Crippen LogP contribution in [0.5, 0.6) is 0 Å². The quantitative estimate of drug-likeness (QED) is 0.731. The second-order valence-corrected chi connectivity index (χ2v) is 11.8. The molecule has 2 aliphatic rings. The van der Waals surface area contributed by atoms with Crippen LogP contribution in [0.4, 0.5) is 0 Å². The lowest BCUT2D eigenvalue weighted by molar-refractivity contribution is 0.109. The molecular weight excluding hydrogens is 372 g/mol. The number of hydrogen-bond donors (Lipinski definition) is 0. The van der Waals surface area contributed by atoms with Crippen LogP contribution in [-0.4, -0.2) is 82.7 Å². The van der Waals surface area contributed by atoms with Crippen LogP contribution in [0.1, 0.15) is 17.5 Å². The highest BCUT2D eigenvalue weighted by atomic mass is 32.2. The van der Waals surface area contributed by atoms with Gasteiger partial charge in [-0.3, -0.25) is 9.80 Å². The predicted molar refractivity (Wildman–Crippen MR) is 103 cm³/mol. The fraction of sp³-hybridized carbons (Fsp3) is 0.667. The maximum Gasteiger partial charge on any atom is 0.179 e. The smallest absolute Gasteiger partial charge is 0.179 e. The Morgan fingerprint density at radius 1 is 1.12 bits per heavy atom. The molecule has 1 aromatic rings. The summed E-state index contributed by atoms with van der Waals surface area (Å²) < 4.78 is 48.7. The van der Waals surface area contributed by atoms with Crippen LogP contribution in [0.3, 0.4) is 0 Å². The summed E-state index contributed by atoms with van der Waals surface area (Å²) in [6.45, 7) is 7.46. The Balaban J connectivity index is 1.53. The molecule has 26 heavy (non-hydrogen) atoms. The van der Waals surface area contributed by atoms with Gasteiger partial charge in [-0.15, -0.1) is 0 Å². The van der Waals surface area contributed by atoms with E-state index in [1.165, 1.54) is 0 Å². The van der Waals surface area contributed by atoms with E-state index in [9.17, 15) is 16.8 Å². The standard InChI is InChI=1S/C18H28N2O4S2/c1-15-3-4-16(2)18(13-15)26(23,24)12-10-19-6-8-20(9-7-19)17-5-11-25(21,22)14-17/h3-4,13,17H,5-12,14H2,1-2H3/t17-/m1/s1. The molecule has 0 bridgehead atoms. The second kappa shape index (κ2) is 7.58. The maximum absolute atomic E-state index is 12.7. The number of aryl methyl sites for hydroxylation is 2. The third-order valence-corrected chi connectivity index (χ3v) is 9.07. The molecule has 0 aromatic heterocycles. The fourth-order valence-corrected chi connectivity index (χ4v) is 7.22. The van der Waals surface area contributed by atoms with Crippen LogP contribution in [0, 0.1) is 13.8 Å². The molecule has 3 rings (SSSR count). The first-order valence-electron chi connectivity index (χ1n) is 9.13. The number of sulfone groups is 2. The molecule has 1 atom stereocenters. The maximum atomic E-state index is 12.7. The van der Waals surface area contributed by atoms with Gasteiger partial charge in [0.2, 0.25) is 0 Å². The predicted octanol–water partition coefficient (Wildman–Crippen LogP) is 0.882. The second-order valence-electron chi connectivity index (χ2n) is 7.52. The lowest BCUT2D eigenvalue weighted by Gasteiger charge is -2.37. The van der Waals surface area contributed by atoms with Gasteiger partial charge in [0.25, 0.3) is 0 Å². The minimum Gasteiger partial charge on any atom is -0.300 e. The van der Waals surface area contributed by atoms with E-state index in [0.717, 1.165) is 43.7 Å². The van der Waals surface area contributed by atoms with Crippen molar-refractivity contribution in [2.75, 3.05) is 50.0 Å². The highest BCUT2D eigenvalue weighted by molar-refractivity contribution is 7.91. The Morgan fingerprint density at radius 2 is 1.81 bits per heavy atom. The van der Waals surface area contributed by atoms with Gasteiger partial charge in [0.15, 0.2) is 19.7 Å². The molecule has 2 heterocycles. The first-order valence-corrected chi connectivity index (χ1v) is 12.6. The normalized spacial score (nSPS) is 24.8. The minimum absolute atomic E-state index is 0.120. The number of piperazine rings is 1. The molecule has 2 fully saturated rings. The highest BCUT2D eigenvalue weighted by Crippen LogP contribution is 2.21. The number of rotatable bonds is 5. The summed E-state index contributed by atoms with van der Waals surface area (Å²) in [4.78, 5) is 4.86. The zero-order valence-electron chi connectivity index (χ0n) is 15.5. The summed E-state index contributed by atoms with van der Waals surface area (Å²) >= 11 is 0. The van der Waals surface area contributed by atoms with E-state index in [-0.39, 0.29) is 17.5 Å². The van der Waals surface area contributed by atoms with Gasteiger partial charge in [-0.2, -0.15) is 0 Å². The summed E-state index contributed by atoms with van der Waals surface area (Å²) in [5, 5.41) is 0. The van der Waals surface area contributed by atoms with E-state index in [4.69, 9.17) is 0 Å². The van der Waals surface area contributed by atoms with Crippen molar-refractivity contribution in [3.63, 3.8) is 0 Å². The van der Waals surface area contributed by atoms with Crippen molar-refractivity contribution in [3.8, 4) is 0 Å². The molecule has 0 amide bonds. The molecule has 2 saturated heterocycles. The Kier molecular flexibility index (Phi) is 5.77. The SMILES string of the molecule is Cc1ccc(C)c(S(=O)(=O)CCN2CCN([C@@H]3CCS(=O)(=O)C3)CC2)c1. The van der Waals surface area contributed by atoms with Crippen LogP contribution in [0.15, 0.2) is 23.1 Å². The van der Waals surface area contributed by atoms with Gasteiger partial charge in [0.1, 0.15) is 0 Å². The minimum atomic E-state index is -3.29. The van der Waals surface area contributed by atoms with E-state index in [2.05, 4.69) is 9.80 Å².